The largest absolute Gasteiger partial charge is 0.355 e. The zero-order chi connectivity index (χ0) is 14.0. The van der Waals surface area contributed by atoms with Gasteiger partial charge in [-0.15, -0.1) is 11.6 Å². The van der Waals surface area contributed by atoms with E-state index in [4.69, 9.17) is 11.6 Å². The average molecular weight is 280 g/mol. The minimum Gasteiger partial charge on any atom is -0.355 e. The van der Waals surface area contributed by atoms with E-state index < -0.39 is 0 Å². The van der Waals surface area contributed by atoms with Crippen LogP contribution in [0.1, 0.15) is 30.6 Å². The summed E-state index contributed by atoms with van der Waals surface area (Å²) in [5, 5.41) is 2.56. The van der Waals surface area contributed by atoms with Crippen LogP contribution >= 0.6 is 11.6 Å². The number of nitrogens with one attached hydrogen (secondary N) is 1. The van der Waals surface area contributed by atoms with Crippen LogP contribution in [0.5, 0.6) is 0 Å². The number of fused-ring (bicyclic) bond motifs is 1. The fourth-order valence-electron chi connectivity index (χ4n) is 2.12. The number of alkyl halides is 1. The zero-order valence-electron chi connectivity index (χ0n) is 11.4. The summed E-state index contributed by atoms with van der Waals surface area (Å²) in [6.07, 6.45) is 0. The van der Waals surface area contributed by atoms with Gasteiger partial charge in [0.1, 0.15) is 12.4 Å². The van der Waals surface area contributed by atoms with Crippen molar-refractivity contribution in [1.82, 2.24) is 14.9 Å². The Morgan fingerprint density at radius 1 is 1.53 bits per heavy atom. The van der Waals surface area contributed by atoms with Gasteiger partial charge in [0.25, 0.3) is 0 Å². The minimum atomic E-state index is -0.234. The molecule has 1 amide bonds. The van der Waals surface area contributed by atoms with Crippen LogP contribution in [0, 0.1) is 6.92 Å². The van der Waals surface area contributed by atoms with Crippen molar-refractivity contribution in [2.24, 2.45) is 0 Å². The molecule has 4 nitrogen and oxygen atoms in total. The van der Waals surface area contributed by atoms with Crippen molar-refractivity contribution >= 4 is 28.5 Å². The van der Waals surface area contributed by atoms with Crippen molar-refractivity contribution < 1.29 is 4.79 Å². The first-order valence-corrected chi connectivity index (χ1v) is 6.84. The van der Waals surface area contributed by atoms with Crippen LogP contribution in [0.25, 0.3) is 11.0 Å². The number of carbonyl (C=O) groups excluding carboxylic acids is 1. The summed E-state index contributed by atoms with van der Waals surface area (Å²) in [4.78, 5) is 16.3. The van der Waals surface area contributed by atoms with E-state index in [1.54, 1.807) is 0 Å². The minimum absolute atomic E-state index is 0.0269. The van der Waals surface area contributed by atoms with Gasteiger partial charge >= 0.3 is 0 Å². The molecule has 1 aromatic carbocycles. The molecule has 0 saturated heterocycles. The molecule has 0 saturated carbocycles. The second kappa shape index (κ2) is 5.61. The van der Waals surface area contributed by atoms with Gasteiger partial charge in [0.05, 0.1) is 16.4 Å². The molecule has 5 heteroatoms. The van der Waals surface area contributed by atoms with Crippen molar-refractivity contribution in [3.63, 3.8) is 0 Å². The van der Waals surface area contributed by atoms with Gasteiger partial charge < -0.3 is 9.88 Å². The summed E-state index contributed by atoms with van der Waals surface area (Å²) >= 11 is 6.17. The topological polar surface area (TPSA) is 46.9 Å². The molecule has 0 aliphatic carbocycles. The van der Waals surface area contributed by atoms with Gasteiger partial charge in [-0.25, -0.2) is 4.98 Å². The fourth-order valence-corrected chi connectivity index (χ4v) is 2.29. The Morgan fingerprint density at radius 3 is 2.89 bits per heavy atom. The van der Waals surface area contributed by atoms with Crippen LogP contribution in [-0.2, 0) is 11.3 Å². The number of hydrogen-bond acceptors (Lipinski definition) is 2. The van der Waals surface area contributed by atoms with Crippen molar-refractivity contribution in [2.75, 3.05) is 6.54 Å². The Bertz CT molecular complexity index is 604. The number of carbonyl (C=O) groups is 1. The van der Waals surface area contributed by atoms with Crippen LogP contribution in [0.15, 0.2) is 18.2 Å². The number of benzene rings is 1. The molecule has 0 radical (unpaired) electrons. The number of aromatic nitrogens is 2. The summed E-state index contributed by atoms with van der Waals surface area (Å²) in [6, 6.07) is 6.01. The van der Waals surface area contributed by atoms with E-state index in [9.17, 15) is 4.79 Å². The van der Waals surface area contributed by atoms with Crippen molar-refractivity contribution in [1.29, 1.82) is 0 Å². The van der Waals surface area contributed by atoms with E-state index in [1.807, 2.05) is 43.5 Å². The first-order chi connectivity index (χ1) is 9.02. The molecule has 1 aromatic heterocycles. The summed E-state index contributed by atoms with van der Waals surface area (Å²) < 4.78 is 1.89. The third kappa shape index (κ3) is 2.89. The first kappa shape index (κ1) is 13.9. The number of halogens is 1. The second-order valence-corrected chi connectivity index (χ2v) is 5.27. The molecule has 1 unspecified atom stereocenters. The molecule has 0 aliphatic rings. The number of rotatable bonds is 4. The molecule has 0 fully saturated rings. The molecule has 1 N–H and O–H groups in total. The third-order valence-electron chi connectivity index (χ3n) is 2.96. The maximum absolute atomic E-state index is 11.8. The van der Waals surface area contributed by atoms with Gasteiger partial charge in [-0.2, -0.15) is 0 Å². The van der Waals surface area contributed by atoms with Crippen molar-refractivity contribution in [2.45, 2.75) is 32.7 Å². The van der Waals surface area contributed by atoms with Gasteiger partial charge in [-0.05, 0) is 38.5 Å². The Hall–Kier alpha value is -1.55. The van der Waals surface area contributed by atoms with E-state index in [1.165, 1.54) is 0 Å². The molecular formula is C14H18ClN3O. The standard InChI is InChI=1S/C14H18ClN3O/c1-4-16-13(19)8-18-12-6-5-9(2)7-11(12)17-14(18)10(3)15/h5-7,10H,4,8H2,1-3H3,(H,16,19). The monoisotopic (exact) mass is 279 g/mol. The first-order valence-electron chi connectivity index (χ1n) is 6.40. The highest BCUT2D eigenvalue weighted by atomic mass is 35.5. The van der Waals surface area contributed by atoms with Crippen LogP contribution < -0.4 is 5.32 Å². The number of imidazole rings is 1. The van der Waals surface area contributed by atoms with E-state index >= 15 is 0 Å². The van der Waals surface area contributed by atoms with Crippen LogP contribution in [-0.4, -0.2) is 22.0 Å². The molecule has 1 atom stereocenters. The number of aryl methyl sites for hydroxylation is 1. The van der Waals surface area contributed by atoms with Gasteiger partial charge in [-0.3, -0.25) is 4.79 Å². The zero-order valence-corrected chi connectivity index (χ0v) is 12.2. The molecule has 0 aliphatic heterocycles. The summed E-state index contributed by atoms with van der Waals surface area (Å²) in [5.74, 6) is 0.703. The van der Waals surface area contributed by atoms with Crippen LogP contribution in [0.3, 0.4) is 0 Å². The average Bonchev–Trinajstić information content (AvgIpc) is 2.67. The lowest BCUT2D eigenvalue weighted by Crippen LogP contribution is -2.27. The molecule has 2 aromatic rings. The van der Waals surface area contributed by atoms with E-state index in [0.717, 1.165) is 22.4 Å². The smallest absolute Gasteiger partial charge is 0.239 e. The van der Waals surface area contributed by atoms with E-state index in [0.29, 0.717) is 6.54 Å². The van der Waals surface area contributed by atoms with Gasteiger partial charge in [-0.1, -0.05) is 6.07 Å². The molecule has 102 valence electrons. The Labute approximate surface area is 117 Å². The SMILES string of the molecule is CCNC(=O)Cn1c(C(C)Cl)nc2cc(C)ccc21. The quantitative estimate of drug-likeness (QED) is 0.875. The van der Waals surface area contributed by atoms with E-state index in [-0.39, 0.29) is 17.8 Å². The Morgan fingerprint density at radius 2 is 2.26 bits per heavy atom. The fraction of sp³-hybridized carbons (Fsp3) is 0.429. The molecule has 19 heavy (non-hydrogen) atoms. The van der Waals surface area contributed by atoms with Crippen molar-refractivity contribution in [3.05, 3.63) is 29.6 Å². The maximum Gasteiger partial charge on any atom is 0.239 e. The van der Waals surface area contributed by atoms with Gasteiger partial charge in [0.15, 0.2) is 0 Å². The molecule has 0 bridgehead atoms. The normalized spacial score (nSPS) is 12.6. The summed E-state index contributed by atoms with van der Waals surface area (Å²) in [7, 11) is 0. The number of nitrogens with zero attached hydrogens (tertiary/aromatic N) is 2. The van der Waals surface area contributed by atoms with Crippen LogP contribution in [0.2, 0.25) is 0 Å². The predicted octanol–water partition coefficient (Wildman–Crippen LogP) is 2.78. The van der Waals surface area contributed by atoms with Gasteiger partial charge in [0.2, 0.25) is 5.91 Å². The molecule has 1 heterocycles. The lowest BCUT2D eigenvalue weighted by Gasteiger charge is -2.10. The maximum atomic E-state index is 11.8. The lowest BCUT2D eigenvalue weighted by atomic mass is 10.2. The molecule has 0 spiro atoms. The Kier molecular flexibility index (Phi) is 4.10. The van der Waals surface area contributed by atoms with Crippen molar-refractivity contribution in [3.8, 4) is 0 Å². The van der Waals surface area contributed by atoms with Gasteiger partial charge in [0, 0.05) is 6.54 Å². The predicted molar refractivity (Wildman–Crippen MR) is 77.4 cm³/mol. The number of hydrogen-bond donors (Lipinski definition) is 1. The second-order valence-electron chi connectivity index (χ2n) is 4.62. The third-order valence-corrected chi connectivity index (χ3v) is 3.16. The Balaban J connectivity index is 2.49. The lowest BCUT2D eigenvalue weighted by molar-refractivity contribution is -0.121. The summed E-state index contributed by atoms with van der Waals surface area (Å²) in [6.45, 7) is 6.66. The number of amides is 1. The van der Waals surface area contributed by atoms with E-state index in [2.05, 4.69) is 10.3 Å². The highest BCUT2D eigenvalue weighted by Gasteiger charge is 2.16. The molecule has 2 rings (SSSR count). The number of likely N-dealkylation sites (N-methyl/N-ethyl adjacent to an activating group) is 1. The summed E-state index contributed by atoms with van der Waals surface area (Å²) in [5.41, 5.74) is 2.97. The highest BCUT2D eigenvalue weighted by Crippen LogP contribution is 2.25. The molecular weight excluding hydrogens is 262 g/mol. The highest BCUT2D eigenvalue weighted by molar-refractivity contribution is 6.20. The van der Waals surface area contributed by atoms with Crippen LogP contribution in [0.4, 0.5) is 0 Å².